The minimum Gasteiger partial charge on any atom is -0.495 e. The molecule has 0 heterocycles. The second-order valence-corrected chi connectivity index (χ2v) is 3.76. The number of rotatable bonds is 5. The van der Waals surface area contributed by atoms with Gasteiger partial charge in [0.1, 0.15) is 5.75 Å². The third-order valence-corrected chi connectivity index (χ3v) is 2.40. The van der Waals surface area contributed by atoms with Crippen molar-refractivity contribution in [3.05, 3.63) is 36.3 Å². The third kappa shape index (κ3) is 4.97. The Balaban J connectivity index is 0.00000289. The summed E-state index contributed by atoms with van der Waals surface area (Å²) >= 11 is 0. The predicted octanol–water partition coefficient (Wildman–Crippen LogP) is 0.0782. The van der Waals surface area contributed by atoms with Gasteiger partial charge in [-0.1, -0.05) is 12.1 Å². The van der Waals surface area contributed by atoms with Crippen molar-refractivity contribution in [3.8, 4) is 5.75 Å². The molecule has 1 rings (SSSR count). The zero-order valence-electron chi connectivity index (χ0n) is 10.8. The summed E-state index contributed by atoms with van der Waals surface area (Å²) in [6.07, 6.45) is 0. The van der Waals surface area contributed by atoms with E-state index >= 15 is 0 Å². The molecule has 0 bridgehead atoms. The maximum atomic E-state index is 12.4. The molecule has 0 fully saturated rings. The molecule has 0 radical (unpaired) electrons. The van der Waals surface area contributed by atoms with E-state index in [1.54, 1.807) is 31.3 Å². The van der Waals surface area contributed by atoms with Crippen LogP contribution in [-0.4, -0.2) is 27.7 Å². The second-order valence-electron chi connectivity index (χ2n) is 3.76. The quantitative estimate of drug-likeness (QED) is 0.710. The van der Waals surface area contributed by atoms with Crippen molar-refractivity contribution >= 4 is 12.7 Å². The molecular formula is C11H14BF3KNO. The van der Waals surface area contributed by atoms with Crippen LogP contribution in [0.1, 0.15) is 0 Å². The number of para-hydroxylation sites is 2. The van der Waals surface area contributed by atoms with Gasteiger partial charge >= 0.3 is 58.4 Å². The zero-order chi connectivity index (χ0) is 13.1. The average molecular weight is 283 g/mol. The summed E-state index contributed by atoms with van der Waals surface area (Å²) in [6, 6.07) is 6.91. The van der Waals surface area contributed by atoms with E-state index in [0.29, 0.717) is 11.4 Å². The van der Waals surface area contributed by atoms with E-state index in [1.807, 2.05) is 0 Å². The molecule has 0 saturated carbocycles. The van der Waals surface area contributed by atoms with Gasteiger partial charge in [-0.3, -0.25) is 0 Å². The molecule has 0 N–H and O–H groups in total. The zero-order valence-corrected chi connectivity index (χ0v) is 13.9. The smallest absolute Gasteiger partial charge is 0.495 e. The molecule has 0 aliphatic heterocycles. The molecule has 0 atom stereocenters. The van der Waals surface area contributed by atoms with Crippen molar-refractivity contribution in [2.75, 3.05) is 25.6 Å². The maximum Gasteiger partial charge on any atom is 1.00 e. The van der Waals surface area contributed by atoms with Crippen LogP contribution < -0.4 is 61.0 Å². The Morgan fingerprint density at radius 3 is 2.39 bits per heavy atom. The molecule has 0 amide bonds. The van der Waals surface area contributed by atoms with Gasteiger partial charge in [-0.2, -0.15) is 0 Å². The number of hydrogen-bond donors (Lipinski definition) is 0. The summed E-state index contributed by atoms with van der Waals surface area (Å²) in [5.41, 5.74) is -0.116. The van der Waals surface area contributed by atoms with E-state index in [2.05, 4.69) is 6.58 Å². The Labute approximate surface area is 148 Å². The fraction of sp³-hybridized carbons (Fsp3) is 0.273. The molecule has 0 saturated heterocycles. The van der Waals surface area contributed by atoms with Crippen molar-refractivity contribution in [1.82, 2.24) is 0 Å². The van der Waals surface area contributed by atoms with Gasteiger partial charge in [0.05, 0.1) is 12.8 Å². The molecule has 1 aromatic rings. The molecule has 0 aromatic heterocycles. The maximum absolute atomic E-state index is 12.4. The molecule has 2 nitrogen and oxygen atoms in total. The van der Waals surface area contributed by atoms with Crippen molar-refractivity contribution in [1.29, 1.82) is 0 Å². The summed E-state index contributed by atoms with van der Waals surface area (Å²) in [4.78, 5) is 1.47. The van der Waals surface area contributed by atoms with Gasteiger partial charge < -0.3 is 22.6 Å². The monoisotopic (exact) mass is 283 g/mol. The number of ether oxygens (including phenoxy) is 1. The molecule has 0 unspecified atom stereocenters. The number of halogens is 3. The Hall–Kier alpha value is 0.0513. The minimum atomic E-state index is -4.99. The summed E-state index contributed by atoms with van der Waals surface area (Å²) in [7, 11) is 3.06. The van der Waals surface area contributed by atoms with Crippen molar-refractivity contribution in [3.63, 3.8) is 0 Å². The Kier molecular flexibility index (Phi) is 7.62. The van der Waals surface area contributed by atoms with E-state index in [-0.39, 0.29) is 57.9 Å². The first-order valence-electron chi connectivity index (χ1n) is 5.08. The van der Waals surface area contributed by atoms with E-state index in [4.69, 9.17) is 4.74 Å². The predicted molar refractivity (Wildman–Crippen MR) is 64.5 cm³/mol. The number of benzene rings is 1. The van der Waals surface area contributed by atoms with Gasteiger partial charge in [0.2, 0.25) is 0 Å². The van der Waals surface area contributed by atoms with Crippen LogP contribution >= 0.6 is 0 Å². The van der Waals surface area contributed by atoms with Crippen LogP contribution in [0.2, 0.25) is 0 Å². The van der Waals surface area contributed by atoms with Crippen LogP contribution in [0, 0.1) is 0 Å². The number of anilines is 1. The van der Waals surface area contributed by atoms with Crippen LogP contribution in [0.4, 0.5) is 18.6 Å². The van der Waals surface area contributed by atoms with Crippen molar-refractivity contribution < 1.29 is 69.1 Å². The molecule has 0 spiro atoms. The van der Waals surface area contributed by atoms with Crippen molar-refractivity contribution in [2.45, 2.75) is 0 Å². The number of likely N-dealkylation sites (N-methyl/N-ethyl adjacent to an activating group) is 1. The van der Waals surface area contributed by atoms with Gasteiger partial charge in [-0.05, 0) is 12.1 Å². The van der Waals surface area contributed by atoms with E-state index < -0.39 is 12.4 Å². The fourth-order valence-electron chi connectivity index (χ4n) is 1.44. The van der Waals surface area contributed by atoms with Crippen LogP contribution in [0.25, 0.3) is 0 Å². The first-order valence-corrected chi connectivity index (χ1v) is 5.08. The summed E-state index contributed by atoms with van der Waals surface area (Å²) in [5.74, 6) is 0.539. The van der Waals surface area contributed by atoms with Gasteiger partial charge in [-0.15, -0.1) is 12.1 Å². The largest absolute Gasteiger partial charge is 1.00 e. The minimum absolute atomic E-state index is 0. The van der Waals surface area contributed by atoms with Gasteiger partial charge in [-0.25, -0.2) is 0 Å². The molecule has 18 heavy (non-hydrogen) atoms. The van der Waals surface area contributed by atoms with Gasteiger partial charge in [0.15, 0.2) is 0 Å². The first kappa shape index (κ1) is 18.1. The van der Waals surface area contributed by atoms with Gasteiger partial charge in [0.25, 0.3) is 0 Å². The van der Waals surface area contributed by atoms with Crippen LogP contribution in [0.5, 0.6) is 5.75 Å². The SMILES string of the molecule is C=C(CN(C)c1ccccc1OC)[B-](F)(F)F.[K+]. The topological polar surface area (TPSA) is 12.5 Å². The number of methoxy groups -OCH3 is 1. The molecule has 1 aromatic carbocycles. The van der Waals surface area contributed by atoms with Crippen LogP contribution in [-0.2, 0) is 0 Å². The standard InChI is InChI=1S/C11H14BF3NO.K/c1-9(12(13,14)15)8-16(2)10-6-4-5-7-11(10)17-3;/h4-7H,1,8H2,2-3H3;/q-1;+1. The molecule has 0 aliphatic rings. The fourth-order valence-corrected chi connectivity index (χ4v) is 1.44. The van der Waals surface area contributed by atoms with E-state index in [0.717, 1.165) is 0 Å². The summed E-state index contributed by atoms with van der Waals surface area (Å²) in [6.45, 7) is -2.19. The van der Waals surface area contributed by atoms with Crippen LogP contribution in [0.3, 0.4) is 0 Å². The second kappa shape index (κ2) is 7.59. The molecule has 7 heteroatoms. The molecule has 0 aliphatic carbocycles. The van der Waals surface area contributed by atoms with Crippen LogP contribution in [0.15, 0.2) is 36.3 Å². The summed E-state index contributed by atoms with van der Waals surface area (Å²) < 4.78 is 42.3. The Morgan fingerprint density at radius 1 is 1.33 bits per heavy atom. The molecule has 94 valence electrons. The number of nitrogens with zero attached hydrogens (tertiary/aromatic N) is 1. The third-order valence-electron chi connectivity index (χ3n) is 2.40. The average Bonchev–Trinajstić information content (AvgIpc) is 2.27. The Morgan fingerprint density at radius 2 is 1.89 bits per heavy atom. The normalized spacial score (nSPS) is 10.5. The summed E-state index contributed by atoms with van der Waals surface area (Å²) in [5, 5.41) is 0. The van der Waals surface area contributed by atoms with E-state index in [9.17, 15) is 12.9 Å². The Bertz CT molecular complexity index is 412. The first-order chi connectivity index (χ1) is 7.86. The van der Waals surface area contributed by atoms with E-state index in [1.165, 1.54) is 12.0 Å². The number of hydrogen-bond acceptors (Lipinski definition) is 2. The van der Waals surface area contributed by atoms with Crippen molar-refractivity contribution in [2.24, 2.45) is 0 Å². The van der Waals surface area contributed by atoms with Gasteiger partial charge in [0, 0.05) is 13.6 Å². The molecular weight excluding hydrogens is 269 g/mol.